The summed E-state index contributed by atoms with van der Waals surface area (Å²) in [6, 6.07) is 24.4. The van der Waals surface area contributed by atoms with E-state index in [1.165, 1.54) is 19.0 Å². The van der Waals surface area contributed by atoms with Crippen LogP contribution in [-0.4, -0.2) is 62.2 Å². The molecule has 1 N–H and O–H groups in total. The van der Waals surface area contributed by atoms with E-state index < -0.39 is 28.7 Å². The van der Waals surface area contributed by atoms with Crippen molar-refractivity contribution in [3.63, 3.8) is 0 Å². The lowest BCUT2D eigenvalue weighted by atomic mass is 9.94. The number of carbonyl (C=O) groups excluding carboxylic acids is 2. The molecule has 0 bridgehead atoms. The van der Waals surface area contributed by atoms with Gasteiger partial charge in [0.05, 0.1) is 5.69 Å². The lowest BCUT2D eigenvalue weighted by Crippen LogP contribution is -2.55. The van der Waals surface area contributed by atoms with Crippen molar-refractivity contribution in [2.24, 2.45) is 0 Å². The van der Waals surface area contributed by atoms with Crippen molar-refractivity contribution in [3.05, 3.63) is 101 Å². The molecule has 4 rings (SSSR count). The number of benzene rings is 3. The number of amides is 2. The Morgan fingerprint density at radius 1 is 0.881 bits per heavy atom. The lowest BCUT2D eigenvalue weighted by molar-refractivity contribution is -0.140. The summed E-state index contributed by atoms with van der Waals surface area (Å²) in [5.74, 6) is -0.744. The molecule has 0 aliphatic heterocycles. The maximum absolute atomic E-state index is 14.3. The summed E-state index contributed by atoms with van der Waals surface area (Å²) in [7, 11) is -1.18. The molecule has 8 nitrogen and oxygen atoms in total. The molecule has 1 aliphatic rings. The molecule has 1 atom stereocenters. The molecule has 1 fully saturated rings. The Morgan fingerprint density at radius 2 is 1.50 bits per heavy atom. The zero-order valence-electron chi connectivity index (χ0n) is 24.2. The van der Waals surface area contributed by atoms with Crippen molar-refractivity contribution in [1.82, 2.24) is 14.5 Å². The fourth-order valence-corrected chi connectivity index (χ4v) is 6.51. The first-order valence-corrected chi connectivity index (χ1v) is 16.1. The highest BCUT2D eigenvalue weighted by Crippen LogP contribution is 2.23. The fourth-order valence-electron chi connectivity index (χ4n) is 5.24. The standard InChI is InChI=1S/C32H39ClN4O4S/c1-35(2)42(40,41)37(29-19-10-5-11-20-29)24-31(38)36(23-26-15-12-16-27(33)21-26)30(22-25-13-6-3-7-14-25)32(39)34-28-17-8-4-9-18-28/h3,5-7,10-16,19-21,28,30H,4,8-9,17-18,22-24H2,1-2H3,(H,34,39)/t30-/m1/s1. The van der Waals surface area contributed by atoms with Gasteiger partial charge in [-0.25, -0.2) is 4.31 Å². The number of para-hydroxylation sites is 1. The van der Waals surface area contributed by atoms with Gasteiger partial charge in [0.15, 0.2) is 0 Å². The van der Waals surface area contributed by atoms with E-state index in [-0.39, 0.29) is 24.9 Å². The predicted molar refractivity (Wildman–Crippen MR) is 167 cm³/mol. The molecule has 0 radical (unpaired) electrons. The number of rotatable bonds is 12. The van der Waals surface area contributed by atoms with E-state index in [0.717, 1.165) is 51.8 Å². The minimum atomic E-state index is -4.03. The van der Waals surface area contributed by atoms with Gasteiger partial charge in [0.25, 0.3) is 0 Å². The molecule has 0 unspecified atom stereocenters. The molecule has 42 heavy (non-hydrogen) atoms. The van der Waals surface area contributed by atoms with Crippen molar-refractivity contribution < 1.29 is 18.0 Å². The number of nitrogens with zero attached hydrogens (tertiary/aromatic N) is 3. The number of halogens is 1. The van der Waals surface area contributed by atoms with Gasteiger partial charge < -0.3 is 10.2 Å². The maximum Gasteiger partial charge on any atom is 0.304 e. The second-order valence-corrected chi connectivity index (χ2v) is 13.3. The second kappa shape index (κ2) is 14.7. The van der Waals surface area contributed by atoms with E-state index in [4.69, 9.17) is 11.6 Å². The van der Waals surface area contributed by atoms with Crippen LogP contribution in [0.15, 0.2) is 84.9 Å². The number of carbonyl (C=O) groups is 2. The van der Waals surface area contributed by atoms with E-state index in [0.29, 0.717) is 10.7 Å². The molecule has 10 heteroatoms. The smallest absolute Gasteiger partial charge is 0.304 e. The van der Waals surface area contributed by atoms with Crippen LogP contribution in [0.4, 0.5) is 5.69 Å². The van der Waals surface area contributed by atoms with Crippen LogP contribution in [0.2, 0.25) is 5.02 Å². The summed E-state index contributed by atoms with van der Waals surface area (Å²) < 4.78 is 29.0. The van der Waals surface area contributed by atoms with Crippen molar-refractivity contribution in [2.75, 3.05) is 24.9 Å². The van der Waals surface area contributed by atoms with Crippen molar-refractivity contribution in [2.45, 2.75) is 57.2 Å². The molecule has 1 saturated carbocycles. The second-order valence-electron chi connectivity index (χ2n) is 10.8. The number of hydrogen-bond donors (Lipinski definition) is 1. The highest BCUT2D eigenvalue weighted by Gasteiger charge is 2.35. The van der Waals surface area contributed by atoms with Crippen LogP contribution >= 0.6 is 11.6 Å². The molecule has 3 aromatic carbocycles. The maximum atomic E-state index is 14.3. The zero-order chi connectivity index (χ0) is 30.1. The van der Waals surface area contributed by atoms with E-state index in [1.54, 1.807) is 48.5 Å². The molecule has 0 saturated heterocycles. The van der Waals surface area contributed by atoms with Gasteiger partial charge in [-0.05, 0) is 48.2 Å². The molecular weight excluding hydrogens is 572 g/mol. The Hall–Kier alpha value is -3.40. The third-order valence-corrected chi connectivity index (χ3v) is 9.58. The van der Waals surface area contributed by atoms with Crippen LogP contribution in [0.1, 0.15) is 43.2 Å². The Bertz CT molecular complexity index is 1430. The van der Waals surface area contributed by atoms with E-state index >= 15 is 0 Å². The molecule has 3 aromatic rings. The third-order valence-electron chi connectivity index (χ3n) is 7.53. The van der Waals surface area contributed by atoms with Crippen LogP contribution in [-0.2, 0) is 32.8 Å². The van der Waals surface area contributed by atoms with Gasteiger partial charge >= 0.3 is 10.2 Å². The summed E-state index contributed by atoms with van der Waals surface area (Å²) in [5.41, 5.74) is 1.99. The number of nitrogens with one attached hydrogen (secondary N) is 1. The highest BCUT2D eigenvalue weighted by molar-refractivity contribution is 7.90. The van der Waals surface area contributed by atoms with Gasteiger partial charge in [0.1, 0.15) is 12.6 Å². The third kappa shape index (κ3) is 8.33. The van der Waals surface area contributed by atoms with Crippen LogP contribution < -0.4 is 9.62 Å². The van der Waals surface area contributed by atoms with Gasteiger partial charge in [-0.15, -0.1) is 0 Å². The van der Waals surface area contributed by atoms with Crippen molar-refractivity contribution in [1.29, 1.82) is 0 Å². The first kappa shape index (κ1) is 31.5. The Morgan fingerprint density at radius 3 is 2.12 bits per heavy atom. The van der Waals surface area contributed by atoms with Crippen LogP contribution in [0.25, 0.3) is 0 Å². The largest absolute Gasteiger partial charge is 0.352 e. The average Bonchev–Trinajstić information content (AvgIpc) is 2.99. The summed E-state index contributed by atoms with van der Waals surface area (Å²) in [4.78, 5) is 29.8. The van der Waals surface area contributed by atoms with E-state index in [2.05, 4.69) is 5.32 Å². The number of anilines is 1. The molecule has 0 heterocycles. The highest BCUT2D eigenvalue weighted by atomic mass is 35.5. The van der Waals surface area contributed by atoms with Crippen LogP contribution in [0.3, 0.4) is 0 Å². The van der Waals surface area contributed by atoms with E-state index in [1.807, 2.05) is 36.4 Å². The summed E-state index contributed by atoms with van der Waals surface area (Å²) >= 11 is 6.29. The minimum absolute atomic E-state index is 0.0441. The predicted octanol–water partition coefficient (Wildman–Crippen LogP) is 5.04. The molecule has 0 aromatic heterocycles. The van der Waals surface area contributed by atoms with Crippen molar-refractivity contribution >= 4 is 39.3 Å². The van der Waals surface area contributed by atoms with Crippen LogP contribution in [0, 0.1) is 0 Å². The quantitative estimate of drug-likeness (QED) is 0.311. The fraction of sp³-hybridized carbons (Fsp3) is 0.375. The molecule has 2 amide bonds. The Balaban J connectivity index is 1.74. The summed E-state index contributed by atoms with van der Waals surface area (Å²) in [6.45, 7) is -0.396. The Kier molecular flexibility index (Phi) is 11.0. The van der Waals surface area contributed by atoms with Gasteiger partial charge in [-0.1, -0.05) is 91.5 Å². The SMILES string of the molecule is CN(C)S(=O)(=O)N(CC(=O)N(Cc1cccc(Cl)c1)[C@H](Cc1ccccc1)C(=O)NC1CCCCC1)c1ccccc1. The minimum Gasteiger partial charge on any atom is -0.352 e. The number of hydrogen-bond acceptors (Lipinski definition) is 4. The average molecular weight is 611 g/mol. The molecule has 0 spiro atoms. The summed E-state index contributed by atoms with van der Waals surface area (Å²) in [6.07, 6.45) is 5.32. The van der Waals surface area contributed by atoms with Gasteiger partial charge in [-0.3, -0.25) is 9.59 Å². The van der Waals surface area contributed by atoms with E-state index in [9.17, 15) is 18.0 Å². The topological polar surface area (TPSA) is 90.0 Å². The normalized spacial score (nSPS) is 14.8. The van der Waals surface area contributed by atoms with Gasteiger partial charge in [0, 0.05) is 38.1 Å². The first-order chi connectivity index (χ1) is 20.1. The van der Waals surface area contributed by atoms with Crippen LogP contribution in [0.5, 0.6) is 0 Å². The molecular formula is C32H39ClN4O4S. The molecule has 224 valence electrons. The molecule has 1 aliphatic carbocycles. The first-order valence-electron chi connectivity index (χ1n) is 14.3. The summed E-state index contributed by atoms with van der Waals surface area (Å²) in [5, 5.41) is 3.71. The Labute approximate surface area is 254 Å². The van der Waals surface area contributed by atoms with Crippen molar-refractivity contribution in [3.8, 4) is 0 Å². The van der Waals surface area contributed by atoms with Gasteiger partial charge in [-0.2, -0.15) is 12.7 Å². The lowest BCUT2D eigenvalue weighted by Gasteiger charge is -2.35. The van der Waals surface area contributed by atoms with Gasteiger partial charge in [0.2, 0.25) is 11.8 Å². The zero-order valence-corrected chi connectivity index (χ0v) is 25.7. The monoisotopic (exact) mass is 610 g/mol.